The molecule has 1 aromatic carbocycles. The molecule has 0 bridgehead atoms. The molecule has 0 radical (unpaired) electrons. The molecule has 1 rings (SSSR count). The van der Waals surface area contributed by atoms with Crippen molar-refractivity contribution in [3.8, 4) is 5.75 Å². The van der Waals surface area contributed by atoms with Crippen LogP contribution in [0.15, 0.2) is 24.3 Å². The number of methoxy groups -OCH3 is 1. The second-order valence-electron chi connectivity index (χ2n) is 8.13. The van der Waals surface area contributed by atoms with Crippen LogP contribution in [-0.4, -0.2) is 29.3 Å². The Bertz CT molecular complexity index is 553. The third-order valence-corrected chi connectivity index (χ3v) is 5.28. The molecule has 5 heteroatoms. The fourth-order valence-electron chi connectivity index (χ4n) is 3.36. The number of ether oxygens (including phenoxy) is 1. The molecule has 0 aromatic heterocycles. The lowest BCUT2D eigenvalue weighted by Crippen LogP contribution is -1.99. The highest BCUT2D eigenvalue weighted by Gasteiger charge is 2.02. The number of phenolic OH excluding ortho intramolecular Hbond substituents is 1. The van der Waals surface area contributed by atoms with E-state index >= 15 is 0 Å². The van der Waals surface area contributed by atoms with E-state index in [-0.39, 0.29) is 5.75 Å². The van der Waals surface area contributed by atoms with Gasteiger partial charge in [-0.15, -0.1) is 0 Å². The summed E-state index contributed by atoms with van der Waals surface area (Å²) in [5.74, 6) is -0.914. The van der Waals surface area contributed by atoms with Crippen LogP contribution in [0.5, 0.6) is 5.75 Å². The minimum atomic E-state index is -0.653. The molecule has 0 heterocycles. The average molecular weight is 437 g/mol. The molecule has 2 N–H and O–H groups in total. The molecular formula is C26H44O5. The van der Waals surface area contributed by atoms with E-state index in [4.69, 9.17) is 10.2 Å². The average Bonchev–Trinajstić information content (AvgIpc) is 2.76. The first kappa shape index (κ1) is 29.0. The van der Waals surface area contributed by atoms with E-state index in [1.54, 1.807) is 0 Å². The van der Waals surface area contributed by atoms with E-state index < -0.39 is 11.9 Å². The maximum atomic E-state index is 10.8. The highest BCUT2D eigenvalue weighted by atomic mass is 16.5. The summed E-state index contributed by atoms with van der Waals surface area (Å²) in [6.45, 7) is 2.27. The number of unbranched alkanes of at least 4 members (excludes halogenated alkanes) is 14. The lowest BCUT2D eigenvalue weighted by molar-refractivity contribution is -0.137. The van der Waals surface area contributed by atoms with Gasteiger partial charge < -0.3 is 14.9 Å². The van der Waals surface area contributed by atoms with Gasteiger partial charge >= 0.3 is 11.9 Å². The number of aromatic hydroxyl groups is 1. The second kappa shape index (κ2) is 21.2. The Hall–Kier alpha value is -2.04. The Balaban J connectivity index is 0.000000683. The maximum absolute atomic E-state index is 10.8. The van der Waals surface area contributed by atoms with Gasteiger partial charge in [-0.3, -0.25) is 4.79 Å². The summed E-state index contributed by atoms with van der Waals surface area (Å²) < 4.78 is 4.46. The van der Waals surface area contributed by atoms with Crippen LogP contribution < -0.4 is 0 Å². The summed E-state index contributed by atoms with van der Waals surface area (Å²) in [6.07, 6.45) is 20.2. The SMILES string of the molecule is CCCCCCCCCCCCCCCCCC(=O)O.COC(=O)c1ccc(O)cc1. The topological polar surface area (TPSA) is 83.8 Å². The number of hydrogen-bond donors (Lipinski definition) is 2. The zero-order valence-corrected chi connectivity index (χ0v) is 19.7. The third kappa shape index (κ3) is 19.7. The normalized spacial score (nSPS) is 10.3. The summed E-state index contributed by atoms with van der Waals surface area (Å²) >= 11 is 0. The van der Waals surface area contributed by atoms with E-state index in [1.165, 1.54) is 115 Å². The molecule has 5 nitrogen and oxygen atoms in total. The Morgan fingerprint density at radius 1 is 0.710 bits per heavy atom. The van der Waals surface area contributed by atoms with Crippen molar-refractivity contribution < 1.29 is 24.5 Å². The van der Waals surface area contributed by atoms with Crippen molar-refractivity contribution in [3.05, 3.63) is 29.8 Å². The second-order valence-corrected chi connectivity index (χ2v) is 8.13. The summed E-state index contributed by atoms with van der Waals surface area (Å²) in [6, 6.07) is 5.88. The molecule has 0 aliphatic carbocycles. The molecule has 31 heavy (non-hydrogen) atoms. The monoisotopic (exact) mass is 436 g/mol. The van der Waals surface area contributed by atoms with Crippen LogP contribution in [0, 0.1) is 0 Å². The van der Waals surface area contributed by atoms with E-state index in [0.29, 0.717) is 12.0 Å². The number of carbonyl (C=O) groups is 2. The van der Waals surface area contributed by atoms with Gasteiger partial charge in [-0.2, -0.15) is 0 Å². The van der Waals surface area contributed by atoms with Crippen LogP contribution in [0.25, 0.3) is 0 Å². The predicted molar refractivity (Wildman–Crippen MR) is 127 cm³/mol. The van der Waals surface area contributed by atoms with Gasteiger partial charge in [0.05, 0.1) is 12.7 Å². The first-order valence-electron chi connectivity index (χ1n) is 12.1. The molecule has 0 aliphatic rings. The molecule has 0 aliphatic heterocycles. The highest BCUT2D eigenvalue weighted by molar-refractivity contribution is 5.89. The number of carbonyl (C=O) groups excluding carboxylic acids is 1. The molecule has 0 amide bonds. The van der Waals surface area contributed by atoms with Gasteiger partial charge in [0.15, 0.2) is 0 Å². The number of phenols is 1. The first-order valence-corrected chi connectivity index (χ1v) is 12.1. The minimum absolute atomic E-state index is 0.137. The molecule has 0 saturated heterocycles. The molecule has 0 fully saturated rings. The zero-order chi connectivity index (χ0) is 23.2. The molecule has 0 atom stereocenters. The third-order valence-electron chi connectivity index (χ3n) is 5.28. The minimum Gasteiger partial charge on any atom is -0.508 e. The zero-order valence-electron chi connectivity index (χ0n) is 19.7. The number of carboxylic acids is 1. The van der Waals surface area contributed by atoms with E-state index in [1.807, 2.05) is 0 Å². The molecule has 1 aromatic rings. The fraction of sp³-hybridized carbons (Fsp3) is 0.692. The van der Waals surface area contributed by atoms with E-state index in [0.717, 1.165) is 12.8 Å². The van der Waals surface area contributed by atoms with Gasteiger partial charge in [0.2, 0.25) is 0 Å². The number of hydrogen-bond acceptors (Lipinski definition) is 4. The first-order chi connectivity index (χ1) is 15.0. The van der Waals surface area contributed by atoms with Crippen LogP contribution in [0.3, 0.4) is 0 Å². The summed E-state index contributed by atoms with van der Waals surface area (Å²) in [7, 11) is 1.31. The van der Waals surface area contributed by atoms with Crippen LogP contribution in [0.1, 0.15) is 120 Å². The van der Waals surface area contributed by atoms with Crippen LogP contribution >= 0.6 is 0 Å². The van der Waals surface area contributed by atoms with Crippen molar-refractivity contribution in [3.63, 3.8) is 0 Å². The van der Waals surface area contributed by atoms with Gasteiger partial charge in [0.25, 0.3) is 0 Å². The molecule has 0 unspecified atom stereocenters. The Morgan fingerprint density at radius 3 is 1.45 bits per heavy atom. The fourth-order valence-corrected chi connectivity index (χ4v) is 3.36. The number of benzene rings is 1. The van der Waals surface area contributed by atoms with Gasteiger partial charge in [0.1, 0.15) is 5.75 Å². The van der Waals surface area contributed by atoms with E-state index in [2.05, 4.69) is 11.7 Å². The largest absolute Gasteiger partial charge is 0.508 e. The van der Waals surface area contributed by atoms with Gasteiger partial charge in [0, 0.05) is 6.42 Å². The smallest absolute Gasteiger partial charge is 0.337 e. The number of carboxylic acid groups (broad SMARTS) is 1. The van der Waals surface area contributed by atoms with Crippen LogP contribution in [0.4, 0.5) is 0 Å². The van der Waals surface area contributed by atoms with Crippen molar-refractivity contribution in [2.75, 3.05) is 7.11 Å². The van der Waals surface area contributed by atoms with Crippen molar-refractivity contribution in [2.24, 2.45) is 0 Å². The van der Waals surface area contributed by atoms with Crippen molar-refractivity contribution >= 4 is 11.9 Å². The lowest BCUT2D eigenvalue weighted by Gasteiger charge is -2.03. The Kier molecular flexibility index (Phi) is 19.8. The maximum Gasteiger partial charge on any atom is 0.337 e. The van der Waals surface area contributed by atoms with Crippen LogP contribution in [-0.2, 0) is 9.53 Å². The highest BCUT2D eigenvalue weighted by Crippen LogP contribution is 2.13. The predicted octanol–water partition coefficient (Wildman–Crippen LogP) is 7.51. The van der Waals surface area contributed by atoms with E-state index in [9.17, 15) is 9.59 Å². The lowest BCUT2D eigenvalue weighted by atomic mass is 10.0. The van der Waals surface area contributed by atoms with Crippen molar-refractivity contribution in [2.45, 2.75) is 110 Å². The van der Waals surface area contributed by atoms with Crippen molar-refractivity contribution in [1.82, 2.24) is 0 Å². The summed E-state index contributed by atoms with van der Waals surface area (Å²) in [5.41, 5.74) is 0.435. The number of esters is 1. The standard InChI is InChI=1S/C18H36O2.C8H8O3/c1-2-3-4-5-6-7-8-9-10-11-12-13-14-15-16-17-18(19)20;1-11-8(10)6-2-4-7(9)5-3-6/h2-17H2,1H3,(H,19,20);2-5,9H,1H3. The van der Waals surface area contributed by atoms with Gasteiger partial charge in [-0.05, 0) is 30.7 Å². The summed E-state index contributed by atoms with van der Waals surface area (Å²) in [4.78, 5) is 21.2. The molecule has 178 valence electrons. The van der Waals surface area contributed by atoms with Crippen LogP contribution in [0.2, 0.25) is 0 Å². The summed E-state index contributed by atoms with van der Waals surface area (Å²) in [5, 5.41) is 17.4. The molecule has 0 spiro atoms. The Morgan fingerprint density at radius 2 is 1.10 bits per heavy atom. The Labute approximate surface area is 189 Å². The molecule has 0 saturated carbocycles. The van der Waals surface area contributed by atoms with Gasteiger partial charge in [-0.1, -0.05) is 96.8 Å². The van der Waals surface area contributed by atoms with Crippen molar-refractivity contribution in [1.29, 1.82) is 0 Å². The number of rotatable bonds is 17. The molecular weight excluding hydrogens is 392 g/mol. The quantitative estimate of drug-likeness (QED) is 0.195. The number of aliphatic carboxylic acids is 1. The van der Waals surface area contributed by atoms with Gasteiger partial charge in [-0.25, -0.2) is 4.79 Å².